The summed E-state index contributed by atoms with van der Waals surface area (Å²) in [4.78, 5) is 29.2. The molecular weight excluding hydrogens is 432 g/mol. The molecule has 4 rings (SSSR count). The number of nitrogens with zero attached hydrogens (tertiary/aromatic N) is 1. The number of rotatable bonds is 6. The fourth-order valence-electron chi connectivity index (χ4n) is 4.51. The van der Waals surface area contributed by atoms with E-state index in [-0.39, 0.29) is 25.6 Å². The number of morpholine rings is 1. The predicted molar refractivity (Wildman–Crippen MR) is 121 cm³/mol. The van der Waals surface area contributed by atoms with E-state index in [1.54, 1.807) is 13.8 Å². The summed E-state index contributed by atoms with van der Waals surface area (Å²) < 4.78 is 32.6. The van der Waals surface area contributed by atoms with Gasteiger partial charge in [0.05, 0.1) is 24.3 Å². The first kappa shape index (κ1) is 22.8. The second kappa shape index (κ2) is 8.49. The Labute approximate surface area is 187 Å². The highest BCUT2D eigenvalue weighted by Gasteiger charge is 2.59. The second-order valence-corrected chi connectivity index (χ2v) is 11.3. The average molecular weight is 463 g/mol. The van der Waals surface area contributed by atoms with Crippen LogP contribution in [0.5, 0.6) is 0 Å². The van der Waals surface area contributed by atoms with Gasteiger partial charge < -0.3 is 20.4 Å². The van der Waals surface area contributed by atoms with Gasteiger partial charge in [-0.15, -0.1) is 0 Å². The molecule has 0 radical (unpaired) electrons. The molecule has 1 spiro atoms. The third-order valence-corrected chi connectivity index (χ3v) is 8.57. The summed E-state index contributed by atoms with van der Waals surface area (Å²) in [5.41, 5.74) is 1.78. The lowest BCUT2D eigenvalue weighted by atomic mass is 9.87. The molecule has 1 aromatic heterocycles. The van der Waals surface area contributed by atoms with Crippen molar-refractivity contribution in [3.05, 3.63) is 35.5 Å². The molecule has 9 nitrogen and oxygen atoms in total. The normalized spacial score (nSPS) is 24.4. The standard InChI is InChI=1S/C22H30N4O5S/c1-14(2)32(29,30)26-12-18(22(13-26)21(28)24-8-9-31-22)20(27)23-7-6-16-11-25-19-5-4-15(3)10-17(16)19/h4-5,10-11,14,18,25H,6-9,12-13H2,1-3H3,(H,23,27)(H,24,28)/t18-,22-/m1/s1. The molecule has 174 valence electrons. The van der Waals surface area contributed by atoms with Gasteiger partial charge in [0.15, 0.2) is 5.60 Å². The number of hydrogen-bond donors (Lipinski definition) is 3. The Morgan fingerprint density at radius 1 is 1.38 bits per heavy atom. The number of sulfonamides is 1. The lowest BCUT2D eigenvalue weighted by Crippen LogP contribution is -2.62. The van der Waals surface area contributed by atoms with Gasteiger partial charge in [-0.05, 0) is 44.9 Å². The molecule has 1 aromatic carbocycles. The summed E-state index contributed by atoms with van der Waals surface area (Å²) in [6.45, 7) is 5.91. The van der Waals surface area contributed by atoms with E-state index in [2.05, 4.69) is 21.7 Å². The van der Waals surface area contributed by atoms with Crippen molar-refractivity contribution >= 4 is 32.7 Å². The summed E-state index contributed by atoms with van der Waals surface area (Å²) in [6.07, 6.45) is 2.54. The molecule has 3 heterocycles. The van der Waals surface area contributed by atoms with E-state index in [0.29, 0.717) is 19.5 Å². The minimum Gasteiger partial charge on any atom is -0.361 e. The zero-order valence-corrected chi connectivity index (χ0v) is 19.4. The van der Waals surface area contributed by atoms with Crippen LogP contribution in [-0.2, 0) is 30.8 Å². The molecule has 2 atom stereocenters. The zero-order chi connectivity index (χ0) is 23.1. The summed E-state index contributed by atoms with van der Waals surface area (Å²) in [6, 6.07) is 6.16. The van der Waals surface area contributed by atoms with Crippen molar-refractivity contribution in [3.8, 4) is 0 Å². The third kappa shape index (κ3) is 3.91. The van der Waals surface area contributed by atoms with Crippen LogP contribution < -0.4 is 10.6 Å². The largest absolute Gasteiger partial charge is 0.361 e. The Bertz CT molecular complexity index is 1140. The van der Waals surface area contributed by atoms with Crippen LogP contribution in [0.25, 0.3) is 10.9 Å². The minimum atomic E-state index is -3.64. The lowest BCUT2D eigenvalue weighted by molar-refractivity contribution is -0.163. The van der Waals surface area contributed by atoms with Crippen molar-refractivity contribution in [2.24, 2.45) is 5.92 Å². The van der Waals surface area contributed by atoms with Gasteiger partial charge in [0.2, 0.25) is 15.9 Å². The van der Waals surface area contributed by atoms with Crippen molar-refractivity contribution in [3.63, 3.8) is 0 Å². The number of hydrogen-bond acceptors (Lipinski definition) is 5. The number of benzene rings is 1. The van der Waals surface area contributed by atoms with Crippen LogP contribution in [0, 0.1) is 12.8 Å². The van der Waals surface area contributed by atoms with Gasteiger partial charge in [-0.1, -0.05) is 11.6 Å². The van der Waals surface area contributed by atoms with Crippen LogP contribution >= 0.6 is 0 Å². The molecule has 10 heteroatoms. The maximum Gasteiger partial charge on any atom is 0.254 e. The molecule has 2 fully saturated rings. The van der Waals surface area contributed by atoms with Gasteiger partial charge in [-0.2, -0.15) is 4.31 Å². The van der Waals surface area contributed by atoms with Crippen molar-refractivity contribution in [2.45, 2.75) is 38.0 Å². The molecule has 2 aliphatic heterocycles. The molecule has 2 amide bonds. The topological polar surface area (TPSA) is 121 Å². The van der Waals surface area contributed by atoms with Gasteiger partial charge in [0.1, 0.15) is 0 Å². The molecule has 0 saturated carbocycles. The first-order valence-electron chi connectivity index (χ1n) is 10.9. The van der Waals surface area contributed by atoms with E-state index in [1.807, 2.05) is 25.3 Å². The van der Waals surface area contributed by atoms with E-state index in [9.17, 15) is 18.0 Å². The Morgan fingerprint density at radius 3 is 2.88 bits per heavy atom. The number of carbonyl (C=O) groups excluding carboxylic acids is 2. The van der Waals surface area contributed by atoms with E-state index >= 15 is 0 Å². The summed E-state index contributed by atoms with van der Waals surface area (Å²) in [5, 5.41) is 6.09. The molecule has 0 unspecified atom stereocenters. The third-order valence-electron chi connectivity index (χ3n) is 6.38. The molecular formula is C22H30N4O5S. The average Bonchev–Trinajstić information content (AvgIpc) is 3.33. The lowest BCUT2D eigenvalue weighted by Gasteiger charge is -2.36. The minimum absolute atomic E-state index is 0.0773. The molecule has 0 bridgehead atoms. The number of aromatic amines is 1. The number of carbonyl (C=O) groups is 2. The smallest absolute Gasteiger partial charge is 0.254 e. The molecule has 2 aromatic rings. The van der Waals surface area contributed by atoms with Gasteiger partial charge in [-0.3, -0.25) is 9.59 Å². The highest BCUT2D eigenvalue weighted by molar-refractivity contribution is 7.89. The Morgan fingerprint density at radius 2 is 2.16 bits per heavy atom. The van der Waals surface area contributed by atoms with E-state index in [0.717, 1.165) is 22.0 Å². The number of aryl methyl sites for hydroxylation is 1. The number of nitrogens with one attached hydrogen (secondary N) is 3. The number of aromatic nitrogens is 1. The molecule has 0 aliphatic carbocycles. The first-order valence-corrected chi connectivity index (χ1v) is 12.4. The monoisotopic (exact) mass is 462 g/mol. The zero-order valence-electron chi connectivity index (χ0n) is 18.6. The summed E-state index contributed by atoms with van der Waals surface area (Å²) >= 11 is 0. The van der Waals surface area contributed by atoms with Crippen LogP contribution in [0.1, 0.15) is 25.0 Å². The number of amides is 2. The maximum absolute atomic E-state index is 13.2. The van der Waals surface area contributed by atoms with Crippen LogP contribution in [0.2, 0.25) is 0 Å². The van der Waals surface area contributed by atoms with Crippen LogP contribution in [0.4, 0.5) is 0 Å². The van der Waals surface area contributed by atoms with E-state index in [4.69, 9.17) is 4.74 Å². The molecule has 2 saturated heterocycles. The summed E-state index contributed by atoms with van der Waals surface area (Å²) in [5.74, 6) is -1.72. The first-order chi connectivity index (χ1) is 15.1. The number of ether oxygens (including phenoxy) is 1. The van der Waals surface area contributed by atoms with Gasteiger partial charge in [-0.25, -0.2) is 8.42 Å². The molecule has 3 N–H and O–H groups in total. The van der Waals surface area contributed by atoms with E-state index < -0.39 is 32.7 Å². The quantitative estimate of drug-likeness (QED) is 0.583. The SMILES string of the molecule is Cc1ccc2[nH]cc(CCNC(=O)[C@H]3CN(S(=O)(=O)C(C)C)C[C@@]34OCCNC4=O)c2c1. The number of H-pyrrole nitrogens is 1. The molecule has 32 heavy (non-hydrogen) atoms. The van der Waals surface area contributed by atoms with Crippen LogP contribution in [-0.4, -0.2) is 73.2 Å². The second-order valence-electron chi connectivity index (χ2n) is 8.84. The fourth-order valence-corrected chi connectivity index (χ4v) is 5.83. The highest BCUT2D eigenvalue weighted by atomic mass is 32.2. The van der Waals surface area contributed by atoms with E-state index in [1.165, 1.54) is 4.31 Å². The van der Waals surface area contributed by atoms with Crippen molar-refractivity contribution < 1.29 is 22.7 Å². The Hall–Kier alpha value is -2.43. The van der Waals surface area contributed by atoms with Crippen molar-refractivity contribution in [1.29, 1.82) is 0 Å². The Kier molecular flexibility index (Phi) is 6.04. The van der Waals surface area contributed by atoms with Gasteiger partial charge >= 0.3 is 0 Å². The predicted octanol–water partition coefficient (Wildman–Crippen LogP) is 0.690. The summed E-state index contributed by atoms with van der Waals surface area (Å²) in [7, 11) is -3.64. The fraction of sp³-hybridized carbons (Fsp3) is 0.545. The van der Waals surface area contributed by atoms with Gasteiger partial charge in [0, 0.05) is 36.7 Å². The number of fused-ring (bicyclic) bond motifs is 1. The van der Waals surface area contributed by atoms with Crippen LogP contribution in [0.15, 0.2) is 24.4 Å². The maximum atomic E-state index is 13.2. The molecule has 2 aliphatic rings. The van der Waals surface area contributed by atoms with Crippen molar-refractivity contribution in [2.75, 3.05) is 32.8 Å². The Balaban J connectivity index is 1.50. The van der Waals surface area contributed by atoms with Gasteiger partial charge in [0.25, 0.3) is 5.91 Å². The van der Waals surface area contributed by atoms with Crippen molar-refractivity contribution in [1.82, 2.24) is 19.9 Å². The highest BCUT2D eigenvalue weighted by Crippen LogP contribution is 2.36. The van der Waals surface area contributed by atoms with Crippen LogP contribution in [0.3, 0.4) is 0 Å².